The van der Waals surface area contributed by atoms with Gasteiger partial charge in [-0.25, -0.2) is 9.59 Å². The minimum absolute atomic E-state index is 0.261. The fourth-order valence-corrected chi connectivity index (χ4v) is 2.33. The van der Waals surface area contributed by atoms with Crippen LogP contribution in [-0.2, 0) is 4.74 Å². The second-order valence-electron chi connectivity index (χ2n) is 4.36. The Balaban J connectivity index is 2.68. The van der Waals surface area contributed by atoms with Crippen LogP contribution in [0.15, 0.2) is 29.2 Å². The molecule has 1 rings (SSSR count). The standard InChI is InChI=1S/C14H19ClN4O3S/c1-3-4-8-22-12(16)19(13(20)17-2)14(21)18-23-11-7-5-6-10(15)9-11/h5-7,9,16H,3-4,8H2,1-2H3,(H,17,20)(H,18,21). The molecule has 9 heteroatoms. The number of nitrogens with one attached hydrogen (secondary N) is 3. The van der Waals surface area contributed by atoms with E-state index < -0.39 is 18.1 Å². The van der Waals surface area contributed by atoms with Crippen molar-refractivity contribution in [3.05, 3.63) is 29.3 Å². The van der Waals surface area contributed by atoms with Crippen molar-refractivity contribution >= 4 is 41.6 Å². The minimum atomic E-state index is -0.782. The van der Waals surface area contributed by atoms with Crippen LogP contribution in [0.25, 0.3) is 0 Å². The number of amidine groups is 1. The third-order valence-corrected chi connectivity index (χ3v) is 3.61. The first-order valence-electron chi connectivity index (χ1n) is 6.95. The highest BCUT2D eigenvalue weighted by atomic mass is 35.5. The Kier molecular flexibility index (Phi) is 8.28. The molecule has 0 aliphatic carbocycles. The van der Waals surface area contributed by atoms with Crippen molar-refractivity contribution in [2.24, 2.45) is 0 Å². The van der Waals surface area contributed by atoms with Crippen LogP contribution in [0.5, 0.6) is 0 Å². The van der Waals surface area contributed by atoms with E-state index in [0.717, 1.165) is 24.8 Å². The van der Waals surface area contributed by atoms with Gasteiger partial charge in [-0.05, 0) is 36.6 Å². The number of carbonyl (C=O) groups is 2. The number of imide groups is 1. The summed E-state index contributed by atoms with van der Waals surface area (Å²) in [5.41, 5.74) is 0. The molecule has 0 aliphatic heterocycles. The Labute approximate surface area is 144 Å². The van der Waals surface area contributed by atoms with Crippen LogP contribution in [0, 0.1) is 5.41 Å². The number of halogens is 1. The summed E-state index contributed by atoms with van der Waals surface area (Å²) in [4.78, 5) is 25.2. The van der Waals surface area contributed by atoms with E-state index in [0.29, 0.717) is 14.8 Å². The summed E-state index contributed by atoms with van der Waals surface area (Å²) in [6.07, 6.45) is 1.60. The molecule has 0 atom stereocenters. The van der Waals surface area contributed by atoms with Crippen LogP contribution in [-0.4, -0.2) is 36.6 Å². The van der Waals surface area contributed by atoms with E-state index in [1.165, 1.54) is 7.05 Å². The molecule has 0 saturated heterocycles. The maximum atomic E-state index is 12.2. The van der Waals surface area contributed by atoms with E-state index in [9.17, 15) is 9.59 Å². The van der Waals surface area contributed by atoms with Crippen LogP contribution < -0.4 is 10.0 Å². The molecular weight excluding hydrogens is 340 g/mol. The number of hydrogen-bond acceptors (Lipinski definition) is 5. The normalized spacial score (nSPS) is 9.87. The molecule has 0 saturated carbocycles. The zero-order valence-corrected chi connectivity index (χ0v) is 14.5. The highest BCUT2D eigenvalue weighted by Crippen LogP contribution is 2.19. The van der Waals surface area contributed by atoms with Gasteiger partial charge in [0.15, 0.2) is 0 Å². The van der Waals surface area contributed by atoms with Crippen LogP contribution in [0.2, 0.25) is 5.02 Å². The number of rotatable bonds is 5. The van der Waals surface area contributed by atoms with Gasteiger partial charge in [-0.15, -0.1) is 0 Å². The van der Waals surface area contributed by atoms with Crippen molar-refractivity contribution < 1.29 is 14.3 Å². The number of ether oxygens (including phenoxy) is 1. The largest absolute Gasteiger partial charge is 0.465 e. The quantitative estimate of drug-likeness (QED) is 0.325. The van der Waals surface area contributed by atoms with Crippen molar-refractivity contribution in [2.75, 3.05) is 13.7 Å². The van der Waals surface area contributed by atoms with E-state index in [1.807, 2.05) is 6.92 Å². The molecule has 0 radical (unpaired) electrons. The van der Waals surface area contributed by atoms with Crippen LogP contribution >= 0.6 is 23.5 Å². The Bertz CT molecular complexity index is 571. The average molecular weight is 359 g/mol. The number of hydrogen-bond donors (Lipinski definition) is 3. The maximum absolute atomic E-state index is 12.2. The fourth-order valence-electron chi connectivity index (χ4n) is 1.44. The van der Waals surface area contributed by atoms with Crippen LogP contribution in [0.4, 0.5) is 9.59 Å². The van der Waals surface area contributed by atoms with Crippen molar-refractivity contribution in [3.63, 3.8) is 0 Å². The predicted molar refractivity (Wildman–Crippen MR) is 90.7 cm³/mol. The molecule has 23 heavy (non-hydrogen) atoms. The molecule has 7 nitrogen and oxygen atoms in total. The molecule has 0 aromatic heterocycles. The highest BCUT2D eigenvalue weighted by Gasteiger charge is 2.26. The Morgan fingerprint density at radius 3 is 2.74 bits per heavy atom. The zero-order chi connectivity index (χ0) is 17.2. The van der Waals surface area contributed by atoms with Gasteiger partial charge in [-0.2, -0.15) is 4.90 Å². The van der Waals surface area contributed by atoms with Crippen molar-refractivity contribution in [2.45, 2.75) is 24.7 Å². The lowest BCUT2D eigenvalue weighted by Gasteiger charge is -2.20. The van der Waals surface area contributed by atoms with Gasteiger partial charge in [0.1, 0.15) is 0 Å². The Morgan fingerprint density at radius 1 is 1.39 bits per heavy atom. The molecule has 0 spiro atoms. The molecule has 0 bridgehead atoms. The van der Waals surface area contributed by atoms with E-state index in [-0.39, 0.29) is 6.61 Å². The fraction of sp³-hybridized carbons (Fsp3) is 0.357. The molecule has 1 aromatic rings. The van der Waals surface area contributed by atoms with Gasteiger partial charge < -0.3 is 10.1 Å². The summed E-state index contributed by atoms with van der Waals surface area (Å²) in [6.45, 7) is 2.23. The molecule has 0 aliphatic rings. The Hall–Kier alpha value is -1.93. The first-order chi connectivity index (χ1) is 11.0. The zero-order valence-electron chi connectivity index (χ0n) is 12.9. The second-order valence-corrected chi connectivity index (χ2v) is 5.68. The summed E-state index contributed by atoms with van der Waals surface area (Å²) >= 11 is 6.85. The summed E-state index contributed by atoms with van der Waals surface area (Å²) in [6, 6.07) is 4.81. The van der Waals surface area contributed by atoms with Gasteiger partial charge in [0.25, 0.3) is 0 Å². The van der Waals surface area contributed by atoms with Gasteiger partial charge >= 0.3 is 18.1 Å². The first kappa shape index (κ1) is 19.1. The molecule has 126 valence electrons. The third-order valence-electron chi connectivity index (χ3n) is 2.61. The van der Waals surface area contributed by atoms with Crippen molar-refractivity contribution in [3.8, 4) is 0 Å². The third kappa shape index (κ3) is 6.37. The molecule has 0 fully saturated rings. The number of amides is 4. The van der Waals surface area contributed by atoms with Gasteiger partial charge in [0, 0.05) is 17.0 Å². The summed E-state index contributed by atoms with van der Waals surface area (Å²) < 4.78 is 7.59. The lowest BCUT2D eigenvalue weighted by molar-refractivity contribution is 0.190. The second kappa shape index (κ2) is 9.96. The summed E-state index contributed by atoms with van der Waals surface area (Å²) in [5, 5.41) is 10.6. The van der Waals surface area contributed by atoms with Gasteiger partial charge in [0.2, 0.25) is 0 Å². The summed E-state index contributed by atoms with van der Waals surface area (Å²) in [5.74, 6) is 0. The Morgan fingerprint density at radius 2 is 2.13 bits per heavy atom. The monoisotopic (exact) mass is 358 g/mol. The number of urea groups is 2. The number of benzene rings is 1. The molecule has 4 amide bonds. The van der Waals surface area contributed by atoms with E-state index in [1.54, 1.807) is 24.3 Å². The predicted octanol–water partition coefficient (Wildman–Crippen LogP) is 3.45. The number of carbonyl (C=O) groups excluding carboxylic acids is 2. The average Bonchev–Trinajstić information content (AvgIpc) is 2.53. The van der Waals surface area contributed by atoms with E-state index in [2.05, 4.69) is 10.0 Å². The molecule has 0 heterocycles. The smallest absolute Gasteiger partial charge is 0.344 e. The molecule has 3 N–H and O–H groups in total. The van der Waals surface area contributed by atoms with Crippen LogP contribution in [0.3, 0.4) is 0 Å². The van der Waals surface area contributed by atoms with Gasteiger partial charge in [0.05, 0.1) is 6.61 Å². The highest BCUT2D eigenvalue weighted by molar-refractivity contribution is 7.98. The topological polar surface area (TPSA) is 94.5 Å². The maximum Gasteiger partial charge on any atom is 0.344 e. The molecule has 1 aromatic carbocycles. The van der Waals surface area contributed by atoms with Gasteiger partial charge in [-0.1, -0.05) is 31.0 Å². The SMILES string of the molecule is CCCCOC(=N)N(C(=O)NC)C(=O)NSc1cccc(Cl)c1. The first-order valence-corrected chi connectivity index (χ1v) is 8.14. The van der Waals surface area contributed by atoms with Crippen molar-refractivity contribution in [1.29, 1.82) is 5.41 Å². The summed E-state index contributed by atoms with van der Waals surface area (Å²) in [7, 11) is 1.37. The van der Waals surface area contributed by atoms with E-state index in [4.69, 9.17) is 21.7 Å². The molecule has 0 unspecified atom stereocenters. The lowest BCUT2D eigenvalue weighted by Crippen LogP contribution is -2.50. The van der Waals surface area contributed by atoms with Crippen LogP contribution in [0.1, 0.15) is 19.8 Å². The van der Waals surface area contributed by atoms with Crippen molar-refractivity contribution in [1.82, 2.24) is 14.9 Å². The van der Waals surface area contributed by atoms with E-state index >= 15 is 0 Å². The lowest BCUT2D eigenvalue weighted by atomic mass is 10.4. The minimum Gasteiger partial charge on any atom is -0.465 e. The number of unbranched alkanes of at least 4 members (excludes halogenated alkanes) is 1. The molecular formula is C14H19ClN4O3S. The van der Waals surface area contributed by atoms with Gasteiger partial charge in [-0.3, -0.25) is 10.1 Å². The number of nitrogens with zero attached hydrogens (tertiary/aromatic N) is 1.